The normalized spacial score (nSPS) is 15.6. The van der Waals surface area contributed by atoms with Gasteiger partial charge in [-0.15, -0.1) is 0 Å². The van der Waals surface area contributed by atoms with Gasteiger partial charge in [0.1, 0.15) is 5.69 Å². The molecule has 0 aliphatic carbocycles. The van der Waals surface area contributed by atoms with Gasteiger partial charge in [0.05, 0.1) is 11.2 Å². The second kappa shape index (κ2) is 3.12. The van der Waals surface area contributed by atoms with Crippen LogP contribution in [0.15, 0.2) is 0 Å². The molecular formula is C10H14N2OS. The summed E-state index contributed by atoms with van der Waals surface area (Å²) in [5, 5.41) is 4.36. The maximum atomic E-state index is 10.8. The first kappa shape index (κ1) is 9.77. The summed E-state index contributed by atoms with van der Waals surface area (Å²) < 4.78 is 1.99. The van der Waals surface area contributed by atoms with Crippen molar-refractivity contribution in [2.75, 3.05) is 0 Å². The Morgan fingerprint density at radius 2 is 2.14 bits per heavy atom. The van der Waals surface area contributed by atoms with Crippen LogP contribution in [0.25, 0.3) is 0 Å². The lowest BCUT2D eigenvalue weighted by molar-refractivity contribution is 0.111. The van der Waals surface area contributed by atoms with E-state index in [1.54, 1.807) is 0 Å². The molecule has 0 amide bonds. The van der Waals surface area contributed by atoms with Crippen molar-refractivity contribution in [2.45, 2.75) is 37.8 Å². The van der Waals surface area contributed by atoms with Crippen molar-refractivity contribution >= 4 is 18.0 Å². The van der Waals surface area contributed by atoms with Crippen molar-refractivity contribution in [3.63, 3.8) is 0 Å². The fraction of sp³-hybridized carbons (Fsp3) is 0.600. The molecule has 0 spiro atoms. The summed E-state index contributed by atoms with van der Waals surface area (Å²) in [7, 11) is 0. The lowest BCUT2D eigenvalue weighted by Gasteiger charge is -2.21. The van der Waals surface area contributed by atoms with Gasteiger partial charge in [0.15, 0.2) is 6.29 Å². The van der Waals surface area contributed by atoms with Gasteiger partial charge < -0.3 is 0 Å². The third kappa shape index (κ3) is 1.38. The Morgan fingerprint density at radius 3 is 2.71 bits per heavy atom. The van der Waals surface area contributed by atoms with Gasteiger partial charge in [-0.25, -0.2) is 0 Å². The Labute approximate surface area is 87.9 Å². The van der Waals surface area contributed by atoms with Crippen LogP contribution in [-0.4, -0.2) is 16.1 Å². The van der Waals surface area contributed by atoms with Gasteiger partial charge in [0, 0.05) is 17.1 Å². The number of aldehydes is 1. The molecule has 1 aromatic heterocycles. The number of hydrogen-bond donors (Lipinski definition) is 0. The topological polar surface area (TPSA) is 34.9 Å². The van der Waals surface area contributed by atoms with Crippen LogP contribution in [-0.2, 0) is 17.0 Å². The maximum absolute atomic E-state index is 10.8. The number of carbonyl (C=O) groups excluding carboxylic acids is 1. The standard InChI is InChI=1S/C10H14N2OS/c1-10(2,3)12-9-6-14-5-7(9)8(4-13)11-12/h4H,5-6H2,1-3H3. The minimum atomic E-state index is -0.0315. The molecule has 0 saturated heterocycles. The van der Waals surface area contributed by atoms with E-state index in [0.717, 1.165) is 23.4 Å². The van der Waals surface area contributed by atoms with Gasteiger partial charge in [-0.2, -0.15) is 16.9 Å². The molecule has 2 heterocycles. The molecule has 0 saturated carbocycles. The van der Waals surface area contributed by atoms with Crippen molar-refractivity contribution in [3.8, 4) is 0 Å². The monoisotopic (exact) mass is 210 g/mol. The molecular weight excluding hydrogens is 196 g/mol. The zero-order valence-corrected chi connectivity index (χ0v) is 9.52. The minimum Gasteiger partial charge on any atom is -0.296 e. The first-order valence-corrected chi connectivity index (χ1v) is 5.83. The number of fused-ring (bicyclic) bond motifs is 1. The third-order valence-electron chi connectivity index (χ3n) is 2.35. The summed E-state index contributed by atoms with van der Waals surface area (Å²) in [4.78, 5) is 10.8. The summed E-state index contributed by atoms with van der Waals surface area (Å²) >= 11 is 1.85. The lowest BCUT2D eigenvalue weighted by atomic mass is 10.1. The summed E-state index contributed by atoms with van der Waals surface area (Å²) in [5.74, 6) is 1.91. The number of thioether (sulfide) groups is 1. The van der Waals surface area contributed by atoms with Crippen molar-refractivity contribution in [1.82, 2.24) is 9.78 Å². The summed E-state index contributed by atoms with van der Waals surface area (Å²) in [5.41, 5.74) is 2.96. The molecule has 0 N–H and O–H groups in total. The highest BCUT2D eigenvalue weighted by Gasteiger charge is 2.27. The molecule has 0 radical (unpaired) electrons. The lowest BCUT2D eigenvalue weighted by Crippen LogP contribution is -2.25. The van der Waals surface area contributed by atoms with Gasteiger partial charge in [-0.3, -0.25) is 9.48 Å². The highest BCUT2D eigenvalue weighted by atomic mass is 32.2. The first-order chi connectivity index (χ1) is 6.54. The van der Waals surface area contributed by atoms with E-state index in [1.807, 2.05) is 16.4 Å². The van der Waals surface area contributed by atoms with E-state index in [-0.39, 0.29) is 5.54 Å². The van der Waals surface area contributed by atoms with Crippen LogP contribution in [0.1, 0.15) is 42.5 Å². The molecule has 1 aliphatic heterocycles. The fourth-order valence-corrected chi connectivity index (χ4v) is 2.82. The smallest absolute Gasteiger partial charge is 0.170 e. The quantitative estimate of drug-likeness (QED) is 0.666. The van der Waals surface area contributed by atoms with Crippen LogP contribution < -0.4 is 0 Å². The van der Waals surface area contributed by atoms with Crippen LogP contribution in [0.3, 0.4) is 0 Å². The van der Waals surface area contributed by atoms with Crippen molar-refractivity contribution in [1.29, 1.82) is 0 Å². The summed E-state index contributed by atoms with van der Waals surface area (Å²) in [6.07, 6.45) is 0.868. The molecule has 2 rings (SSSR count). The molecule has 1 aromatic rings. The van der Waals surface area contributed by atoms with Crippen LogP contribution in [0.5, 0.6) is 0 Å². The second-order valence-electron chi connectivity index (χ2n) is 4.50. The van der Waals surface area contributed by atoms with Gasteiger partial charge in [0.25, 0.3) is 0 Å². The highest BCUT2D eigenvalue weighted by Crippen LogP contribution is 2.34. The predicted octanol–water partition coefficient (Wildman–Crippen LogP) is 2.20. The first-order valence-electron chi connectivity index (χ1n) is 4.68. The highest BCUT2D eigenvalue weighted by molar-refractivity contribution is 7.98. The number of carbonyl (C=O) groups is 1. The van der Waals surface area contributed by atoms with E-state index in [0.29, 0.717) is 5.69 Å². The van der Waals surface area contributed by atoms with Crippen molar-refractivity contribution in [2.24, 2.45) is 0 Å². The van der Waals surface area contributed by atoms with E-state index in [9.17, 15) is 4.79 Å². The SMILES string of the molecule is CC(C)(C)n1nc(C=O)c2c1CSC2. The van der Waals surface area contributed by atoms with Crippen LogP contribution in [0, 0.1) is 0 Å². The zero-order valence-electron chi connectivity index (χ0n) is 8.70. The predicted molar refractivity (Wildman–Crippen MR) is 57.6 cm³/mol. The Balaban J connectivity index is 2.58. The van der Waals surface area contributed by atoms with Crippen LogP contribution in [0.4, 0.5) is 0 Å². The van der Waals surface area contributed by atoms with E-state index in [1.165, 1.54) is 5.69 Å². The molecule has 3 nitrogen and oxygen atoms in total. The average molecular weight is 210 g/mol. The number of nitrogens with zero attached hydrogens (tertiary/aromatic N) is 2. The fourth-order valence-electron chi connectivity index (χ4n) is 1.71. The average Bonchev–Trinajstić information content (AvgIpc) is 2.59. The molecule has 1 aliphatic rings. The van der Waals surface area contributed by atoms with Gasteiger partial charge in [-0.05, 0) is 20.8 Å². The Kier molecular flexibility index (Phi) is 2.18. The maximum Gasteiger partial charge on any atom is 0.170 e. The van der Waals surface area contributed by atoms with E-state index in [2.05, 4.69) is 25.9 Å². The van der Waals surface area contributed by atoms with E-state index in [4.69, 9.17) is 0 Å². The zero-order chi connectivity index (χ0) is 10.3. The summed E-state index contributed by atoms with van der Waals surface area (Å²) in [6, 6.07) is 0. The molecule has 0 unspecified atom stereocenters. The Morgan fingerprint density at radius 1 is 1.43 bits per heavy atom. The number of rotatable bonds is 1. The van der Waals surface area contributed by atoms with Crippen LogP contribution >= 0.6 is 11.8 Å². The molecule has 76 valence electrons. The molecule has 0 atom stereocenters. The largest absolute Gasteiger partial charge is 0.296 e. The minimum absolute atomic E-state index is 0.0315. The molecule has 0 bridgehead atoms. The van der Waals surface area contributed by atoms with E-state index < -0.39 is 0 Å². The molecule has 0 fully saturated rings. The molecule has 14 heavy (non-hydrogen) atoms. The van der Waals surface area contributed by atoms with Gasteiger partial charge >= 0.3 is 0 Å². The molecule has 4 heteroatoms. The van der Waals surface area contributed by atoms with Crippen molar-refractivity contribution in [3.05, 3.63) is 17.0 Å². The summed E-state index contributed by atoms with van der Waals surface area (Å²) in [6.45, 7) is 6.33. The van der Waals surface area contributed by atoms with Gasteiger partial charge in [-0.1, -0.05) is 0 Å². The third-order valence-corrected chi connectivity index (χ3v) is 3.32. The Hall–Kier alpha value is -0.770. The van der Waals surface area contributed by atoms with Crippen LogP contribution in [0.2, 0.25) is 0 Å². The van der Waals surface area contributed by atoms with Gasteiger partial charge in [0.2, 0.25) is 0 Å². The number of aromatic nitrogens is 2. The Bertz CT molecular complexity index is 376. The van der Waals surface area contributed by atoms with Crippen molar-refractivity contribution < 1.29 is 4.79 Å². The number of hydrogen-bond acceptors (Lipinski definition) is 3. The van der Waals surface area contributed by atoms with E-state index >= 15 is 0 Å². The second-order valence-corrected chi connectivity index (χ2v) is 5.49. The molecule has 0 aromatic carbocycles.